The Kier molecular flexibility index (Phi) is 4.79. The van der Waals surface area contributed by atoms with Crippen LogP contribution in [0.15, 0.2) is 11.3 Å². The Morgan fingerprint density at radius 3 is 2.08 bits per heavy atom. The molecule has 0 aromatic heterocycles. The molecule has 0 aliphatic heterocycles. The Bertz CT molecular complexity index is 156. The van der Waals surface area contributed by atoms with Gasteiger partial charge in [-0.15, -0.1) is 0 Å². The van der Waals surface area contributed by atoms with E-state index in [1.165, 1.54) is 5.20 Å². The molecule has 0 aliphatic carbocycles. The van der Waals surface area contributed by atoms with Gasteiger partial charge in [0.1, 0.15) is 0 Å². The normalized spacial score (nSPS) is 16.3. The zero-order valence-corrected chi connectivity index (χ0v) is 10.0. The molecule has 0 bridgehead atoms. The van der Waals surface area contributed by atoms with Gasteiger partial charge in [0, 0.05) is 0 Å². The molecule has 0 aromatic carbocycles. The summed E-state index contributed by atoms with van der Waals surface area (Å²) in [6.45, 7) is 11.0. The topological polar surface area (TPSA) is 20.2 Å². The molecule has 0 aromatic rings. The number of hydrogen-bond donors (Lipinski definition) is 1. The molecular weight excluding hydrogens is 164 g/mol. The summed E-state index contributed by atoms with van der Waals surface area (Å²) in [5.41, 5.74) is 0. The molecule has 0 fully saturated rings. The molecule has 1 N–H and O–H groups in total. The fraction of sp³-hybridized carbons (Fsp3) is 0.800. The van der Waals surface area contributed by atoms with Gasteiger partial charge in [-0.2, -0.15) is 0 Å². The minimum atomic E-state index is -1.28. The van der Waals surface area contributed by atoms with Crippen molar-refractivity contribution in [2.75, 3.05) is 0 Å². The van der Waals surface area contributed by atoms with Gasteiger partial charge in [-0.25, -0.2) is 0 Å². The predicted octanol–water partition coefficient (Wildman–Crippen LogP) is 2.97. The Hall–Kier alpha value is -0.0831. The van der Waals surface area contributed by atoms with E-state index in [4.69, 9.17) is 0 Å². The van der Waals surface area contributed by atoms with E-state index in [0.717, 1.165) is 12.8 Å². The summed E-state index contributed by atoms with van der Waals surface area (Å²) in [5.74, 6) is 0. The molecular formula is C10H22OSi. The summed E-state index contributed by atoms with van der Waals surface area (Å²) >= 11 is 0. The third-order valence-electron chi connectivity index (χ3n) is 2.04. The molecule has 0 saturated heterocycles. The first kappa shape index (κ1) is 11.9. The molecule has 0 saturated carbocycles. The lowest BCUT2D eigenvalue weighted by Gasteiger charge is -2.25. The van der Waals surface area contributed by atoms with Crippen molar-refractivity contribution in [2.45, 2.75) is 52.4 Å². The number of aliphatic hydroxyl groups excluding tert-OH is 1. The minimum absolute atomic E-state index is 0.198. The maximum Gasteiger partial charge on any atom is 0.0753 e. The van der Waals surface area contributed by atoms with Gasteiger partial charge in [0.25, 0.3) is 0 Å². The van der Waals surface area contributed by atoms with Crippen LogP contribution in [0, 0.1) is 0 Å². The lowest BCUT2D eigenvalue weighted by atomic mass is 10.2. The highest BCUT2D eigenvalue weighted by molar-refractivity contribution is 6.83. The third kappa shape index (κ3) is 3.54. The van der Waals surface area contributed by atoms with Crippen molar-refractivity contribution in [2.24, 2.45) is 0 Å². The van der Waals surface area contributed by atoms with Gasteiger partial charge in [0.2, 0.25) is 0 Å². The number of aliphatic hydroxyl groups is 1. The van der Waals surface area contributed by atoms with Crippen LogP contribution >= 0.6 is 0 Å². The second-order valence-electron chi connectivity index (χ2n) is 4.24. The quantitative estimate of drug-likeness (QED) is 0.669. The lowest BCUT2D eigenvalue weighted by Crippen LogP contribution is -2.31. The summed E-state index contributed by atoms with van der Waals surface area (Å²) in [5, 5.41) is 11.1. The monoisotopic (exact) mass is 186 g/mol. The van der Waals surface area contributed by atoms with Crippen molar-refractivity contribution in [1.29, 1.82) is 0 Å². The lowest BCUT2D eigenvalue weighted by molar-refractivity contribution is 0.212. The van der Waals surface area contributed by atoms with E-state index in [-0.39, 0.29) is 6.10 Å². The van der Waals surface area contributed by atoms with Crippen molar-refractivity contribution < 1.29 is 5.11 Å². The highest BCUT2D eigenvalue weighted by atomic mass is 28.3. The summed E-state index contributed by atoms with van der Waals surface area (Å²) < 4.78 is 0. The van der Waals surface area contributed by atoms with Crippen LogP contribution in [0.4, 0.5) is 0 Å². The maximum absolute atomic E-state index is 9.75. The van der Waals surface area contributed by atoms with Gasteiger partial charge in [-0.05, 0) is 12.8 Å². The van der Waals surface area contributed by atoms with E-state index in [1.807, 2.05) is 6.92 Å². The van der Waals surface area contributed by atoms with Crippen LogP contribution in [0.1, 0.15) is 26.7 Å². The van der Waals surface area contributed by atoms with Crippen LogP contribution in [0.3, 0.4) is 0 Å². The fourth-order valence-electron chi connectivity index (χ4n) is 1.38. The van der Waals surface area contributed by atoms with Crippen molar-refractivity contribution in [3.63, 3.8) is 0 Å². The largest absolute Gasteiger partial charge is 0.389 e. The molecule has 1 nitrogen and oxygen atoms in total. The van der Waals surface area contributed by atoms with Crippen molar-refractivity contribution in [3.05, 3.63) is 11.3 Å². The third-order valence-corrected chi connectivity index (χ3v) is 4.31. The summed E-state index contributed by atoms with van der Waals surface area (Å²) in [6.07, 6.45) is 3.89. The van der Waals surface area contributed by atoms with Gasteiger partial charge < -0.3 is 5.11 Å². The Morgan fingerprint density at radius 1 is 1.33 bits per heavy atom. The molecule has 0 rings (SSSR count). The van der Waals surface area contributed by atoms with E-state index in [0.29, 0.717) is 0 Å². The van der Waals surface area contributed by atoms with Gasteiger partial charge in [0.15, 0.2) is 0 Å². The smallest absolute Gasteiger partial charge is 0.0753 e. The molecule has 0 aliphatic rings. The first-order valence-electron chi connectivity index (χ1n) is 4.82. The average molecular weight is 186 g/mol. The first-order valence-corrected chi connectivity index (χ1v) is 8.32. The van der Waals surface area contributed by atoms with E-state index < -0.39 is 8.07 Å². The SMILES string of the molecule is CC/C=C(\[C@@H](O)CC)[Si](C)(C)C. The molecule has 0 spiro atoms. The van der Waals surface area contributed by atoms with Crippen molar-refractivity contribution in [1.82, 2.24) is 0 Å². The van der Waals surface area contributed by atoms with Crippen LogP contribution in [0.2, 0.25) is 19.6 Å². The van der Waals surface area contributed by atoms with Gasteiger partial charge in [-0.3, -0.25) is 0 Å². The maximum atomic E-state index is 9.75. The van der Waals surface area contributed by atoms with Crippen molar-refractivity contribution in [3.8, 4) is 0 Å². The summed E-state index contributed by atoms with van der Waals surface area (Å²) in [7, 11) is -1.28. The molecule has 72 valence electrons. The first-order chi connectivity index (χ1) is 5.43. The van der Waals surface area contributed by atoms with E-state index in [2.05, 4.69) is 32.6 Å². The zero-order valence-electron chi connectivity index (χ0n) is 9.02. The van der Waals surface area contributed by atoms with E-state index in [1.54, 1.807) is 0 Å². The van der Waals surface area contributed by atoms with Gasteiger partial charge in [0.05, 0.1) is 14.2 Å². The molecule has 2 heteroatoms. The van der Waals surface area contributed by atoms with Gasteiger partial charge >= 0.3 is 0 Å². The molecule has 0 radical (unpaired) electrons. The van der Waals surface area contributed by atoms with Crippen LogP contribution < -0.4 is 0 Å². The average Bonchev–Trinajstić information content (AvgIpc) is 1.96. The number of rotatable bonds is 4. The predicted molar refractivity (Wildman–Crippen MR) is 58.0 cm³/mol. The summed E-state index contributed by atoms with van der Waals surface area (Å²) in [4.78, 5) is 0. The highest BCUT2D eigenvalue weighted by Crippen LogP contribution is 2.20. The zero-order chi connectivity index (χ0) is 9.78. The molecule has 1 atom stereocenters. The molecule has 0 unspecified atom stereocenters. The second-order valence-corrected chi connectivity index (χ2v) is 9.32. The molecule has 0 amide bonds. The van der Waals surface area contributed by atoms with E-state index in [9.17, 15) is 5.11 Å². The second kappa shape index (κ2) is 4.82. The van der Waals surface area contributed by atoms with Crippen LogP contribution in [0.5, 0.6) is 0 Å². The Morgan fingerprint density at radius 2 is 1.83 bits per heavy atom. The minimum Gasteiger partial charge on any atom is -0.389 e. The van der Waals surface area contributed by atoms with Crippen LogP contribution in [-0.4, -0.2) is 19.3 Å². The molecule has 12 heavy (non-hydrogen) atoms. The summed E-state index contributed by atoms with van der Waals surface area (Å²) in [6, 6.07) is 0. The Balaban J connectivity index is 4.56. The standard InChI is InChI=1S/C10H22OSi/c1-6-8-10(9(11)7-2)12(3,4)5/h8-9,11H,6-7H2,1-5H3/b10-8+/t9-/m0/s1. The molecule has 0 heterocycles. The van der Waals surface area contributed by atoms with Crippen LogP contribution in [0.25, 0.3) is 0 Å². The number of hydrogen-bond acceptors (Lipinski definition) is 1. The number of allylic oxidation sites excluding steroid dienone is 1. The van der Waals surface area contributed by atoms with Gasteiger partial charge in [-0.1, -0.05) is 44.8 Å². The Labute approximate surface area is 77.5 Å². The fourth-order valence-corrected chi connectivity index (χ4v) is 3.40. The van der Waals surface area contributed by atoms with Crippen LogP contribution in [-0.2, 0) is 0 Å². The van der Waals surface area contributed by atoms with Crippen molar-refractivity contribution >= 4 is 8.07 Å². The van der Waals surface area contributed by atoms with E-state index >= 15 is 0 Å². The highest BCUT2D eigenvalue weighted by Gasteiger charge is 2.23.